The molecule has 0 atom stereocenters. The average Bonchev–Trinajstić information content (AvgIpc) is 3.48. The summed E-state index contributed by atoms with van der Waals surface area (Å²) in [7, 11) is 4.05. The van der Waals surface area contributed by atoms with Gasteiger partial charge in [-0.15, -0.1) is 10.2 Å². The van der Waals surface area contributed by atoms with Gasteiger partial charge in [-0.3, -0.25) is 0 Å². The minimum Gasteiger partial charge on any atom is -0.453 e. The molecule has 10 heteroatoms. The zero-order chi connectivity index (χ0) is 24.2. The highest BCUT2D eigenvalue weighted by Crippen LogP contribution is 2.31. The van der Waals surface area contributed by atoms with Gasteiger partial charge in [0, 0.05) is 25.5 Å². The van der Waals surface area contributed by atoms with Gasteiger partial charge in [0.15, 0.2) is 9.43 Å². The third-order valence-electron chi connectivity index (χ3n) is 6.25. The van der Waals surface area contributed by atoms with E-state index in [0.29, 0.717) is 12.0 Å². The molecule has 1 fully saturated rings. The fourth-order valence-electron chi connectivity index (χ4n) is 4.47. The van der Waals surface area contributed by atoms with Gasteiger partial charge in [0.05, 0.1) is 12.1 Å². The molecule has 1 saturated carbocycles. The van der Waals surface area contributed by atoms with Crippen LogP contribution in [0.3, 0.4) is 0 Å². The highest BCUT2D eigenvalue weighted by molar-refractivity contribution is 8.00. The molecule has 1 aliphatic carbocycles. The van der Waals surface area contributed by atoms with Gasteiger partial charge in [0.1, 0.15) is 16.6 Å². The van der Waals surface area contributed by atoms with Gasteiger partial charge < -0.3 is 20.0 Å². The van der Waals surface area contributed by atoms with Crippen LogP contribution < -0.4 is 15.5 Å². The molecule has 4 aromatic rings. The van der Waals surface area contributed by atoms with Crippen LogP contribution in [0.2, 0.25) is 0 Å². The summed E-state index contributed by atoms with van der Waals surface area (Å²) in [5, 5.41) is 18.3. The maximum Gasteiger partial charge on any atom is 0.225 e. The van der Waals surface area contributed by atoms with Gasteiger partial charge in [-0.25, -0.2) is 4.98 Å². The largest absolute Gasteiger partial charge is 0.453 e. The molecule has 5 rings (SSSR count). The van der Waals surface area contributed by atoms with Crippen LogP contribution >= 0.6 is 23.1 Å². The van der Waals surface area contributed by atoms with Crippen LogP contribution in [0.25, 0.3) is 10.9 Å². The molecule has 184 valence electrons. The molecule has 0 spiro atoms. The van der Waals surface area contributed by atoms with E-state index in [0.717, 1.165) is 68.8 Å². The second-order valence-corrected chi connectivity index (χ2v) is 11.6. The number of furan rings is 1. The summed E-state index contributed by atoms with van der Waals surface area (Å²) < 4.78 is 6.85. The maximum absolute atomic E-state index is 5.94. The number of rotatable bonds is 9. The number of nitrogens with zero attached hydrogens (tertiary/aromatic N) is 5. The van der Waals surface area contributed by atoms with E-state index in [1.807, 2.05) is 45.3 Å². The fourth-order valence-corrected chi connectivity index (χ4v) is 6.20. The summed E-state index contributed by atoms with van der Waals surface area (Å²) in [6.45, 7) is 3.70. The van der Waals surface area contributed by atoms with Gasteiger partial charge in [-0.05, 0) is 81.1 Å². The third kappa shape index (κ3) is 6.12. The van der Waals surface area contributed by atoms with Crippen molar-refractivity contribution >= 4 is 45.8 Å². The number of nitrogens with one attached hydrogen (secondary N) is 2. The molecule has 0 radical (unpaired) electrons. The van der Waals surface area contributed by atoms with Crippen molar-refractivity contribution in [3.05, 3.63) is 47.2 Å². The van der Waals surface area contributed by atoms with Crippen LogP contribution in [0.4, 0.5) is 11.8 Å². The lowest BCUT2D eigenvalue weighted by Crippen LogP contribution is -2.31. The first-order valence-electron chi connectivity index (χ1n) is 12.0. The van der Waals surface area contributed by atoms with Crippen LogP contribution in [0.1, 0.15) is 36.5 Å². The van der Waals surface area contributed by atoms with Crippen LogP contribution in [0, 0.1) is 12.8 Å². The lowest BCUT2D eigenvalue weighted by molar-refractivity contribution is 0.317. The quantitative estimate of drug-likeness (QED) is 0.309. The van der Waals surface area contributed by atoms with Crippen molar-refractivity contribution in [2.45, 2.75) is 54.6 Å². The number of aryl methyl sites for hydroxylation is 1. The van der Waals surface area contributed by atoms with Crippen molar-refractivity contribution in [3.8, 4) is 0 Å². The van der Waals surface area contributed by atoms with Gasteiger partial charge in [0.2, 0.25) is 5.95 Å². The first-order valence-corrected chi connectivity index (χ1v) is 13.6. The molecular formula is C25H31N7OS2. The Morgan fingerprint density at radius 2 is 1.89 bits per heavy atom. The maximum atomic E-state index is 5.94. The standard InChI is InChI=1S/C25H31N7OS2/c1-16-30-31-25(34-16)35-22-13-12-19(33-22)15-26-14-17-8-10-18(11-9-17)27-24-28-21-7-5-4-6-20(21)23(29-24)32(2)3/h4-7,12-13,17-18,26H,8-11,14-15H2,1-3H3,(H,27,28,29). The van der Waals surface area contributed by atoms with Crippen LogP contribution in [0.5, 0.6) is 0 Å². The van der Waals surface area contributed by atoms with Crippen LogP contribution in [-0.2, 0) is 6.54 Å². The highest BCUT2D eigenvalue weighted by Gasteiger charge is 2.22. The molecule has 2 N–H and O–H groups in total. The van der Waals surface area contributed by atoms with Crippen LogP contribution in [0.15, 0.2) is 50.2 Å². The first kappa shape index (κ1) is 24.0. The lowest BCUT2D eigenvalue weighted by atomic mass is 9.86. The average molecular weight is 510 g/mol. The van der Waals surface area contributed by atoms with E-state index in [4.69, 9.17) is 14.4 Å². The summed E-state index contributed by atoms with van der Waals surface area (Å²) in [4.78, 5) is 11.6. The number of aromatic nitrogens is 4. The Kier molecular flexibility index (Phi) is 7.50. The minimum atomic E-state index is 0.413. The van der Waals surface area contributed by atoms with E-state index in [1.165, 1.54) is 24.6 Å². The van der Waals surface area contributed by atoms with Crippen molar-refractivity contribution < 1.29 is 4.42 Å². The molecule has 1 aliphatic rings. The number of hydrogen-bond donors (Lipinski definition) is 2. The Hall–Kier alpha value is -2.69. The van der Waals surface area contributed by atoms with Gasteiger partial charge in [-0.1, -0.05) is 23.5 Å². The molecule has 0 amide bonds. The van der Waals surface area contributed by atoms with E-state index >= 15 is 0 Å². The summed E-state index contributed by atoms with van der Waals surface area (Å²) in [6, 6.07) is 12.6. The fraction of sp³-hybridized carbons (Fsp3) is 0.440. The second-order valence-electron chi connectivity index (χ2n) is 9.19. The zero-order valence-corrected chi connectivity index (χ0v) is 22.0. The molecule has 35 heavy (non-hydrogen) atoms. The SMILES string of the molecule is Cc1nnc(Sc2ccc(CNCC3CCC(Nc4nc(N(C)C)c5ccccc5n4)CC3)o2)s1. The summed E-state index contributed by atoms with van der Waals surface area (Å²) >= 11 is 3.11. The predicted octanol–water partition coefficient (Wildman–Crippen LogP) is 5.36. The van der Waals surface area contributed by atoms with Crippen molar-refractivity contribution in [2.24, 2.45) is 5.92 Å². The Morgan fingerprint density at radius 3 is 2.66 bits per heavy atom. The molecule has 8 nitrogen and oxygen atoms in total. The Morgan fingerprint density at radius 1 is 1.06 bits per heavy atom. The molecule has 0 saturated heterocycles. The van der Waals surface area contributed by atoms with E-state index < -0.39 is 0 Å². The molecule has 0 bridgehead atoms. The first-order chi connectivity index (χ1) is 17.0. The lowest BCUT2D eigenvalue weighted by Gasteiger charge is -2.29. The Bertz CT molecular complexity index is 1260. The number of benzene rings is 1. The van der Waals surface area contributed by atoms with Crippen molar-refractivity contribution in [1.29, 1.82) is 0 Å². The van der Waals surface area contributed by atoms with Crippen molar-refractivity contribution in [1.82, 2.24) is 25.5 Å². The van der Waals surface area contributed by atoms with E-state index in [9.17, 15) is 0 Å². The molecule has 0 unspecified atom stereocenters. The molecular weight excluding hydrogens is 478 g/mol. The molecule has 0 aliphatic heterocycles. The molecule has 1 aromatic carbocycles. The second kappa shape index (κ2) is 10.9. The van der Waals surface area contributed by atoms with Gasteiger partial charge >= 0.3 is 0 Å². The monoisotopic (exact) mass is 509 g/mol. The zero-order valence-electron chi connectivity index (χ0n) is 20.3. The van der Waals surface area contributed by atoms with Gasteiger partial charge in [0.25, 0.3) is 0 Å². The normalized spacial score (nSPS) is 18.1. The molecule has 3 heterocycles. The third-order valence-corrected chi connectivity index (χ3v) is 8.06. The smallest absolute Gasteiger partial charge is 0.225 e. The summed E-state index contributed by atoms with van der Waals surface area (Å²) in [5.41, 5.74) is 0.976. The number of para-hydroxylation sites is 1. The minimum absolute atomic E-state index is 0.413. The van der Waals surface area contributed by atoms with E-state index in [-0.39, 0.29) is 0 Å². The summed E-state index contributed by atoms with van der Waals surface area (Å²) in [6.07, 6.45) is 4.63. The van der Waals surface area contributed by atoms with E-state index in [1.54, 1.807) is 11.3 Å². The summed E-state index contributed by atoms with van der Waals surface area (Å²) in [5.74, 6) is 3.31. The Balaban J connectivity index is 1.08. The van der Waals surface area contributed by atoms with Crippen molar-refractivity contribution in [3.63, 3.8) is 0 Å². The van der Waals surface area contributed by atoms with Gasteiger partial charge in [-0.2, -0.15) is 4.98 Å². The van der Waals surface area contributed by atoms with E-state index in [2.05, 4.69) is 37.9 Å². The number of anilines is 2. The predicted molar refractivity (Wildman–Crippen MR) is 142 cm³/mol. The van der Waals surface area contributed by atoms with Crippen molar-refractivity contribution in [2.75, 3.05) is 30.9 Å². The topological polar surface area (TPSA) is 92.0 Å². The van der Waals surface area contributed by atoms with Crippen LogP contribution in [-0.4, -0.2) is 46.8 Å². The highest BCUT2D eigenvalue weighted by atomic mass is 32.2. The number of fused-ring (bicyclic) bond motifs is 1. The Labute approximate surface area is 214 Å². The number of hydrogen-bond acceptors (Lipinski definition) is 10. The molecule has 3 aromatic heterocycles.